The third-order valence-corrected chi connectivity index (χ3v) is 15.0. The number of thiocarbonyl (C=S) groups is 2. The van der Waals surface area contributed by atoms with Gasteiger partial charge in [0.2, 0.25) is 0 Å². The number of carboxylic acids is 2. The Morgan fingerprint density at radius 3 is 1.25 bits per heavy atom. The molecule has 10 rings (SSSR count). The second-order valence-electron chi connectivity index (χ2n) is 16.9. The summed E-state index contributed by atoms with van der Waals surface area (Å²) in [5, 5.41) is 22.8. The summed E-state index contributed by atoms with van der Waals surface area (Å²) < 4.78 is 5.12. The number of carbonyl (C=O) groups excluding carboxylic acids is 2. The lowest BCUT2D eigenvalue weighted by molar-refractivity contribution is -0.140. The number of amides is 2. The number of carbonyl (C=O) groups is 4. The van der Waals surface area contributed by atoms with E-state index in [0.717, 1.165) is 128 Å². The number of rotatable bonds is 10. The number of carboxylic acid groups (broad SMARTS) is 2. The Morgan fingerprint density at radius 2 is 0.881 bits per heavy atom. The van der Waals surface area contributed by atoms with Gasteiger partial charge in [0.25, 0.3) is 11.8 Å². The van der Waals surface area contributed by atoms with Gasteiger partial charge in [-0.2, -0.15) is 0 Å². The molecule has 0 aliphatic carbocycles. The van der Waals surface area contributed by atoms with Crippen LogP contribution in [0, 0.1) is 27.7 Å². The average molecular weight is 957 g/mol. The van der Waals surface area contributed by atoms with Crippen molar-refractivity contribution < 1.29 is 29.4 Å². The van der Waals surface area contributed by atoms with Gasteiger partial charge in [-0.05, 0) is 127 Å². The average Bonchev–Trinajstić information content (AvgIpc) is 3.94. The molecule has 67 heavy (non-hydrogen) atoms. The Morgan fingerprint density at radius 1 is 0.522 bits per heavy atom. The van der Waals surface area contributed by atoms with Crippen LogP contribution in [-0.2, 0) is 25.6 Å². The summed E-state index contributed by atoms with van der Waals surface area (Å²) in [5.74, 6) is -3.03. The van der Waals surface area contributed by atoms with Crippen LogP contribution >= 0.6 is 48.0 Å². The number of aromatic nitrogens is 2. The van der Waals surface area contributed by atoms with E-state index in [9.17, 15) is 29.4 Å². The van der Waals surface area contributed by atoms with Gasteiger partial charge >= 0.3 is 11.9 Å². The van der Waals surface area contributed by atoms with Crippen LogP contribution in [0.25, 0.3) is 67.1 Å². The molecule has 8 aromatic rings. The lowest BCUT2D eigenvalue weighted by atomic mass is 9.95. The van der Waals surface area contributed by atoms with E-state index >= 15 is 0 Å². The molecule has 0 radical (unpaired) electrons. The van der Waals surface area contributed by atoms with E-state index in [2.05, 4.69) is 110 Å². The summed E-state index contributed by atoms with van der Waals surface area (Å²) in [5.41, 5.74) is 15.1. The zero-order valence-corrected chi connectivity index (χ0v) is 39.9. The van der Waals surface area contributed by atoms with Gasteiger partial charge in [-0.3, -0.25) is 29.0 Å². The SMILES string of the molecule is Cc1cc(Cc2cc(C)c(-n3c4ccccc4c4cc(/C=C5/SC(=S)N(CC(=O)O)C5=O)ccc43)c(C)c2)cc(C)c1-n1c2ccccc2c2cc(/C=C3/SC(=S)N(CC(=O)O)C3=O)ccc21. The third-order valence-electron chi connectivity index (χ3n) is 12.3. The maximum atomic E-state index is 13.1. The smallest absolute Gasteiger partial charge is 0.323 e. The van der Waals surface area contributed by atoms with Crippen molar-refractivity contribution in [3.8, 4) is 11.4 Å². The van der Waals surface area contributed by atoms with E-state index in [1.165, 1.54) is 11.1 Å². The second-order valence-corrected chi connectivity index (χ2v) is 20.3. The van der Waals surface area contributed by atoms with Crippen molar-refractivity contribution in [1.82, 2.24) is 18.9 Å². The van der Waals surface area contributed by atoms with Crippen molar-refractivity contribution in [2.75, 3.05) is 13.1 Å². The molecule has 6 aromatic carbocycles. The molecule has 2 fully saturated rings. The predicted octanol–water partition coefficient (Wildman–Crippen LogP) is 11.3. The van der Waals surface area contributed by atoms with Gasteiger partial charge in [0.15, 0.2) is 0 Å². The van der Waals surface area contributed by atoms with E-state index in [1.54, 1.807) is 12.2 Å². The summed E-state index contributed by atoms with van der Waals surface area (Å²) in [6.07, 6.45) is 4.31. The Hall–Kier alpha value is -6.84. The fraction of sp³-hybridized carbons (Fsp3) is 0.132. The maximum Gasteiger partial charge on any atom is 0.323 e. The van der Waals surface area contributed by atoms with Crippen LogP contribution in [0.4, 0.5) is 0 Å². The number of thioether (sulfide) groups is 2. The summed E-state index contributed by atoms with van der Waals surface area (Å²) >= 11 is 12.9. The molecule has 2 saturated heterocycles. The van der Waals surface area contributed by atoms with Crippen LogP contribution < -0.4 is 0 Å². The van der Waals surface area contributed by atoms with Crippen LogP contribution in [-0.4, -0.2) is 74.6 Å². The number of aryl methyl sites for hydroxylation is 4. The van der Waals surface area contributed by atoms with E-state index in [1.807, 2.05) is 36.4 Å². The molecular formula is C53H40N4O6S4. The molecule has 2 aliphatic heterocycles. The first-order valence-corrected chi connectivity index (χ1v) is 23.8. The van der Waals surface area contributed by atoms with E-state index < -0.39 is 36.8 Å². The fourth-order valence-corrected chi connectivity index (χ4v) is 12.2. The molecular weight excluding hydrogens is 917 g/mol. The molecule has 2 aliphatic rings. The van der Waals surface area contributed by atoms with Crippen molar-refractivity contribution in [2.45, 2.75) is 34.1 Å². The Labute approximate surface area is 404 Å². The molecule has 0 atom stereocenters. The number of benzene rings is 6. The minimum absolute atomic E-state index is 0.236. The number of aliphatic carboxylic acids is 2. The standard InChI is InChI=1S/C53H40N4O6S4/c1-28-17-34(18-29(2)48(28)56-40-11-7-5-9-36(40)38-22-32(13-15-42(38)56)24-44-50(62)54(26-46(58)59)52(64)66-44)21-35-19-30(3)49(31(4)20-35)57-41-12-8-6-10-37(41)39-23-33(14-16-43(39)57)25-45-51(63)55(27-47(60)61)53(65)67-45/h5-20,22-25H,21,26-27H2,1-4H3,(H,58,59)(H,60,61)/b44-24+,45-25+. The highest BCUT2D eigenvalue weighted by atomic mass is 32.2. The molecule has 2 N–H and O–H groups in total. The third kappa shape index (κ3) is 7.83. The Balaban J connectivity index is 0.966. The highest BCUT2D eigenvalue weighted by Gasteiger charge is 2.34. The van der Waals surface area contributed by atoms with Gasteiger partial charge in [0.05, 0.1) is 43.3 Å². The number of hydrogen-bond acceptors (Lipinski definition) is 8. The van der Waals surface area contributed by atoms with Crippen molar-refractivity contribution in [3.05, 3.63) is 164 Å². The molecule has 2 aromatic heterocycles. The molecule has 0 spiro atoms. The number of fused-ring (bicyclic) bond motifs is 6. The Kier molecular flexibility index (Phi) is 11.2. The highest BCUT2D eigenvalue weighted by Crippen LogP contribution is 2.40. The molecule has 14 heteroatoms. The van der Waals surface area contributed by atoms with Crippen molar-refractivity contribution in [2.24, 2.45) is 0 Å². The van der Waals surface area contributed by atoms with Crippen LogP contribution in [0.3, 0.4) is 0 Å². The van der Waals surface area contributed by atoms with Crippen LogP contribution in [0.5, 0.6) is 0 Å². The van der Waals surface area contributed by atoms with Gasteiger partial charge in [-0.25, -0.2) is 0 Å². The summed E-state index contributed by atoms with van der Waals surface area (Å²) in [7, 11) is 0. The molecule has 0 saturated carbocycles. The molecule has 0 bridgehead atoms. The van der Waals surface area contributed by atoms with Gasteiger partial charge in [0.1, 0.15) is 21.7 Å². The zero-order chi connectivity index (χ0) is 47.0. The normalized spacial score (nSPS) is 15.6. The first-order chi connectivity index (χ1) is 32.1. The molecule has 0 unspecified atom stereocenters. The predicted molar refractivity (Wildman–Crippen MR) is 278 cm³/mol. The number of para-hydroxylation sites is 2. The zero-order valence-electron chi connectivity index (χ0n) is 36.6. The van der Waals surface area contributed by atoms with E-state index in [4.69, 9.17) is 24.4 Å². The summed E-state index contributed by atoms with van der Waals surface area (Å²) in [4.78, 5) is 51.9. The summed E-state index contributed by atoms with van der Waals surface area (Å²) in [6.45, 7) is 7.72. The van der Waals surface area contributed by atoms with Gasteiger partial charge < -0.3 is 19.3 Å². The summed E-state index contributed by atoms with van der Waals surface area (Å²) in [6, 6.07) is 38.1. The quantitative estimate of drug-likeness (QED) is 0.101. The number of nitrogens with zero attached hydrogens (tertiary/aromatic N) is 4. The fourth-order valence-electron chi connectivity index (χ4n) is 9.72. The Bertz CT molecular complexity index is 3340. The van der Waals surface area contributed by atoms with E-state index in [-0.39, 0.29) is 8.64 Å². The lowest BCUT2D eigenvalue weighted by Crippen LogP contribution is -2.33. The molecule has 4 heterocycles. The minimum Gasteiger partial charge on any atom is -0.480 e. The largest absolute Gasteiger partial charge is 0.480 e. The maximum absolute atomic E-state index is 13.1. The van der Waals surface area contributed by atoms with E-state index in [0.29, 0.717) is 9.81 Å². The highest BCUT2D eigenvalue weighted by molar-refractivity contribution is 8.27. The molecule has 332 valence electrons. The van der Waals surface area contributed by atoms with Crippen molar-refractivity contribution >= 4 is 136 Å². The van der Waals surface area contributed by atoms with Crippen molar-refractivity contribution in [3.63, 3.8) is 0 Å². The van der Waals surface area contributed by atoms with Crippen LogP contribution in [0.1, 0.15) is 44.5 Å². The molecule has 10 nitrogen and oxygen atoms in total. The van der Waals surface area contributed by atoms with Crippen LogP contribution in [0.15, 0.2) is 119 Å². The second kappa shape index (κ2) is 17.1. The van der Waals surface area contributed by atoms with Crippen molar-refractivity contribution in [1.29, 1.82) is 0 Å². The monoisotopic (exact) mass is 956 g/mol. The molecule has 2 amide bonds. The lowest BCUT2D eigenvalue weighted by Gasteiger charge is -2.18. The van der Waals surface area contributed by atoms with Crippen LogP contribution in [0.2, 0.25) is 0 Å². The van der Waals surface area contributed by atoms with Gasteiger partial charge in [-0.15, -0.1) is 0 Å². The minimum atomic E-state index is -1.11. The van der Waals surface area contributed by atoms with Gasteiger partial charge in [-0.1, -0.05) is 121 Å². The topological polar surface area (TPSA) is 125 Å². The number of hydrogen-bond donors (Lipinski definition) is 2. The first kappa shape index (κ1) is 44.0. The van der Waals surface area contributed by atoms with Gasteiger partial charge in [0, 0.05) is 21.5 Å². The first-order valence-electron chi connectivity index (χ1n) is 21.4.